The van der Waals surface area contributed by atoms with Crippen molar-refractivity contribution in [1.82, 2.24) is 14.5 Å². The highest BCUT2D eigenvalue weighted by Gasteiger charge is 2.15. The van der Waals surface area contributed by atoms with Gasteiger partial charge in [0.25, 0.3) is 5.91 Å². The smallest absolute Gasteiger partial charge is 0.274 e. The average Bonchev–Trinajstić information content (AvgIpc) is 3.30. The number of nitrogens with one attached hydrogen (secondary N) is 1. The second kappa shape index (κ2) is 9.30. The lowest BCUT2D eigenvalue weighted by atomic mass is 10.0. The zero-order valence-corrected chi connectivity index (χ0v) is 16.4. The van der Waals surface area contributed by atoms with Crippen molar-refractivity contribution in [3.8, 4) is 0 Å². The molecule has 2 aromatic rings. The van der Waals surface area contributed by atoms with Gasteiger partial charge in [-0.05, 0) is 24.5 Å². The van der Waals surface area contributed by atoms with E-state index in [0.717, 1.165) is 57.9 Å². The fourth-order valence-corrected chi connectivity index (χ4v) is 3.73. The maximum atomic E-state index is 12.6. The van der Waals surface area contributed by atoms with Crippen molar-refractivity contribution in [3.05, 3.63) is 35.1 Å². The van der Waals surface area contributed by atoms with Gasteiger partial charge in [0, 0.05) is 37.8 Å². The van der Waals surface area contributed by atoms with E-state index in [2.05, 4.69) is 29.0 Å². The first kappa shape index (κ1) is 19.1. The summed E-state index contributed by atoms with van der Waals surface area (Å²) >= 11 is 1.50. The highest BCUT2D eigenvalue weighted by Crippen LogP contribution is 2.20. The molecule has 1 saturated heterocycles. The number of ether oxygens (including phenoxy) is 1. The van der Waals surface area contributed by atoms with Crippen molar-refractivity contribution < 1.29 is 9.53 Å². The number of thiazole rings is 1. The maximum Gasteiger partial charge on any atom is 0.274 e. The Balaban J connectivity index is 1.55. The summed E-state index contributed by atoms with van der Waals surface area (Å²) in [6, 6.07) is 3.78. The molecule has 2 aromatic heterocycles. The lowest BCUT2D eigenvalue weighted by molar-refractivity contribution is 0.0363. The first-order valence-corrected chi connectivity index (χ1v) is 10.2. The molecule has 1 atom stereocenters. The summed E-state index contributed by atoms with van der Waals surface area (Å²) in [7, 11) is 0. The Morgan fingerprint density at radius 3 is 2.96 bits per heavy atom. The molecule has 1 aliphatic rings. The zero-order chi connectivity index (χ0) is 18.4. The SMILES string of the molecule is CCC(C)Cc1csc(NC(=O)c2cccn2CCN2CCOCC2)n1. The van der Waals surface area contributed by atoms with Gasteiger partial charge in [-0.15, -0.1) is 11.3 Å². The first-order chi connectivity index (χ1) is 12.7. The van der Waals surface area contributed by atoms with Gasteiger partial charge in [0.2, 0.25) is 0 Å². The minimum absolute atomic E-state index is 0.0959. The predicted octanol–water partition coefficient (Wildman–Crippen LogP) is 3.12. The van der Waals surface area contributed by atoms with E-state index in [1.807, 2.05) is 28.3 Å². The van der Waals surface area contributed by atoms with Gasteiger partial charge < -0.3 is 9.30 Å². The molecule has 7 heteroatoms. The van der Waals surface area contributed by atoms with Crippen molar-refractivity contribution in [2.24, 2.45) is 5.92 Å². The first-order valence-electron chi connectivity index (χ1n) is 9.36. The molecule has 1 amide bonds. The van der Waals surface area contributed by atoms with E-state index >= 15 is 0 Å². The van der Waals surface area contributed by atoms with E-state index < -0.39 is 0 Å². The van der Waals surface area contributed by atoms with E-state index in [1.54, 1.807) is 0 Å². The number of amides is 1. The Kier molecular flexibility index (Phi) is 6.82. The third kappa shape index (κ3) is 5.16. The van der Waals surface area contributed by atoms with Crippen LogP contribution in [0.15, 0.2) is 23.7 Å². The van der Waals surface area contributed by atoms with Crippen LogP contribution in [0.25, 0.3) is 0 Å². The van der Waals surface area contributed by atoms with Crippen LogP contribution in [0.3, 0.4) is 0 Å². The maximum absolute atomic E-state index is 12.6. The average molecular weight is 377 g/mol. The third-order valence-electron chi connectivity index (χ3n) is 4.85. The van der Waals surface area contributed by atoms with Gasteiger partial charge in [-0.25, -0.2) is 4.98 Å². The molecular weight excluding hydrogens is 348 g/mol. The molecule has 0 saturated carbocycles. The largest absolute Gasteiger partial charge is 0.379 e. The van der Waals surface area contributed by atoms with Crippen molar-refractivity contribution in [2.45, 2.75) is 33.2 Å². The molecule has 3 rings (SSSR count). The number of aromatic nitrogens is 2. The monoisotopic (exact) mass is 376 g/mol. The Morgan fingerprint density at radius 2 is 2.19 bits per heavy atom. The van der Waals surface area contributed by atoms with Crippen LogP contribution in [-0.4, -0.2) is 53.2 Å². The molecule has 0 aliphatic carbocycles. The molecule has 0 radical (unpaired) electrons. The summed E-state index contributed by atoms with van der Waals surface area (Å²) < 4.78 is 7.39. The van der Waals surface area contributed by atoms with Crippen LogP contribution in [0, 0.1) is 5.92 Å². The van der Waals surface area contributed by atoms with Crippen molar-refractivity contribution >= 4 is 22.4 Å². The van der Waals surface area contributed by atoms with Crippen molar-refractivity contribution in [2.75, 3.05) is 38.2 Å². The van der Waals surface area contributed by atoms with Crippen LogP contribution in [0.2, 0.25) is 0 Å². The molecule has 1 aliphatic heterocycles. The van der Waals surface area contributed by atoms with E-state index in [4.69, 9.17) is 4.74 Å². The van der Waals surface area contributed by atoms with Gasteiger partial charge in [0.05, 0.1) is 18.9 Å². The molecule has 142 valence electrons. The summed E-state index contributed by atoms with van der Waals surface area (Å²) in [6.07, 6.45) is 4.06. The second-order valence-electron chi connectivity index (χ2n) is 6.86. The van der Waals surface area contributed by atoms with Gasteiger partial charge in [-0.1, -0.05) is 20.3 Å². The number of nitrogens with zero attached hydrogens (tertiary/aromatic N) is 3. The number of anilines is 1. The van der Waals surface area contributed by atoms with Crippen molar-refractivity contribution in [1.29, 1.82) is 0 Å². The highest BCUT2D eigenvalue weighted by atomic mass is 32.1. The van der Waals surface area contributed by atoms with E-state index in [9.17, 15) is 4.79 Å². The summed E-state index contributed by atoms with van der Waals surface area (Å²) in [5.41, 5.74) is 1.74. The number of rotatable bonds is 8. The number of hydrogen-bond acceptors (Lipinski definition) is 5. The zero-order valence-electron chi connectivity index (χ0n) is 15.6. The molecule has 3 heterocycles. The van der Waals surface area contributed by atoms with Gasteiger partial charge in [0.1, 0.15) is 5.69 Å². The molecule has 0 bridgehead atoms. The number of morpholine rings is 1. The summed E-state index contributed by atoms with van der Waals surface area (Å²) in [6.45, 7) is 9.64. The van der Waals surface area contributed by atoms with E-state index in [1.165, 1.54) is 11.3 Å². The normalized spacial score (nSPS) is 16.5. The van der Waals surface area contributed by atoms with Crippen LogP contribution >= 0.6 is 11.3 Å². The molecule has 1 fully saturated rings. The molecule has 1 N–H and O–H groups in total. The molecule has 0 aromatic carbocycles. The van der Waals surface area contributed by atoms with Crippen molar-refractivity contribution in [3.63, 3.8) is 0 Å². The van der Waals surface area contributed by atoms with Crippen LogP contribution in [0.1, 0.15) is 36.5 Å². The second-order valence-corrected chi connectivity index (χ2v) is 7.71. The van der Waals surface area contributed by atoms with Crippen LogP contribution in [0.5, 0.6) is 0 Å². The number of hydrogen-bond donors (Lipinski definition) is 1. The van der Waals surface area contributed by atoms with Gasteiger partial charge in [-0.3, -0.25) is 15.0 Å². The lowest BCUT2D eigenvalue weighted by Gasteiger charge is -2.26. The Morgan fingerprint density at radius 1 is 1.38 bits per heavy atom. The number of carbonyl (C=O) groups excluding carboxylic acids is 1. The molecular formula is C19H28N4O2S. The Hall–Kier alpha value is -1.70. The quantitative estimate of drug-likeness (QED) is 0.769. The van der Waals surface area contributed by atoms with E-state index in [-0.39, 0.29) is 5.91 Å². The number of carbonyl (C=O) groups is 1. The standard InChI is InChI=1S/C19H28N4O2S/c1-3-15(2)13-16-14-26-19(20-16)21-18(24)17-5-4-6-23(17)8-7-22-9-11-25-12-10-22/h4-6,14-15H,3,7-13H2,1-2H3,(H,20,21,24). The fraction of sp³-hybridized carbons (Fsp3) is 0.579. The minimum Gasteiger partial charge on any atom is -0.379 e. The van der Waals surface area contributed by atoms with Gasteiger partial charge in [-0.2, -0.15) is 0 Å². The highest BCUT2D eigenvalue weighted by molar-refractivity contribution is 7.13. The van der Waals surface area contributed by atoms with E-state index in [0.29, 0.717) is 16.7 Å². The predicted molar refractivity (Wildman–Crippen MR) is 105 cm³/mol. The summed E-state index contributed by atoms with van der Waals surface area (Å²) in [5, 5.41) is 5.66. The summed E-state index contributed by atoms with van der Waals surface area (Å²) in [5.74, 6) is 0.513. The molecule has 0 spiro atoms. The topological polar surface area (TPSA) is 59.4 Å². The fourth-order valence-electron chi connectivity index (χ4n) is 3.01. The Bertz CT molecular complexity index is 706. The lowest BCUT2D eigenvalue weighted by Crippen LogP contribution is -2.38. The molecule has 26 heavy (non-hydrogen) atoms. The molecule has 1 unspecified atom stereocenters. The van der Waals surface area contributed by atoms with Gasteiger partial charge >= 0.3 is 0 Å². The van der Waals surface area contributed by atoms with Crippen LogP contribution in [0.4, 0.5) is 5.13 Å². The van der Waals surface area contributed by atoms with Crippen LogP contribution < -0.4 is 5.32 Å². The molecule has 6 nitrogen and oxygen atoms in total. The minimum atomic E-state index is -0.0959. The summed E-state index contributed by atoms with van der Waals surface area (Å²) in [4.78, 5) is 19.6. The van der Waals surface area contributed by atoms with Crippen LogP contribution in [-0.2, 0) is 17.7 Å². The van der Waals surface area contributed by atoms with Gasteiger partial charge in [0.15, 0.2) is 5.13 Å². The Labute approximate surface area is 159 Å². The third-order valence-corrected chi connectivity index (χ3v) is 5.66.